The zero-order valence-electron chi connectivity index (χ0n) is 79.7. The van der Waals surface area contributed by atoms with E-state index in [0.29, 0.717) is 29.1 Å². The fourth-order valence-electron chi connectivity index (χ4n) is 18.0. The lowest BCUT2D eigenvalue weighted by atomic mass is 9.83. The second-order valence-electron chi connectivity index (χ2n) is 39.6. The maximum Gasteiger partial charge on any atom is 0.311 e. The lowest BCUT2D eigenvalue weighted by Gasteiger charge is -2.38. The molecule has 16 nitrogen and oxygen atoms in total. The molecule has 676 valence electrons. The molecular formula is C103H168O16. The highest BCUT2D eigenvalue weighted by molar-refractivity contribution is 5.82. The van der Waals surface area contributed by atoms with Gasteiger partial charge in [-0.05, 0) is 263 Å². The van der Waals surface area contributed by atoms with Gasteiger partial charge in [0.2, 0.25) is 0 Å². The summed E-state index contributed by atoms with van der Waals surface area (Å²) in [7, 11) is 0. The van der Waals surface area contributed by atoms with Crippen LogP contribution < -0.4 is 28.4 Å². The first kappa shape index (κ1) is 103. The van der Waals surface area contributed by atoms with Crippen LogP contribution in [0.4, 0.5) is 0 Å². The predicted octanol–water partition coefficient (Wildman–Crippen LogP) is 26.1. The van der Waals surface area contributed by atoms with Gasteiger partial charge in [0.05, 0.1) is 45.1 Å². The van der Waals surface area contributed by atoms with E-state index in [1.807, 2.05) is 62.3 Å². The summed E-state index contributed by atoms with van der Waals surface area (Å²) in [6, 6.07) is 0. The van der Waals surface area contributed by atoms with Gasteiger partial charge in [0.1, 0.15) is 71.1 Å². The van der Waals surface area contributed by atoms with Crippen molar-refractivity contribution in [2.45, 2.75) is 433 Å². The zero-order chi connectivity index (χ0) is 88.3. The number of carbonyl (C=O) groups excluding carboxylic acids is 6. The molecule has 0 fully saturated rings. The van der Waals surface area contributed by atoms with Crippen LogP contribution in [-0.2, 0) is 62.2 Å². The molecule has 3 aliphatic rings. The molecule has 0 spiro atoms. The van der Waals surface area contributed by atoms with Gasteiger partial charge in [-0.3, -0.25) is 28.8 Å². The SMILES string of the molecule is Cc1c(C)c2c(c(C)c1OC(=O)CCC(=O)OCCO)CC[C@@](C)(CCC[C@H](C)CCC[C@H](C)CCCC(C)C)O2.Cc1c(C)c2c(c(C)c1OC(=O)CCC(=O)OCCOC(=O)CCC(=O)Oc1c(C)c(C)c3c(c1C)CC[C@@](C)(CCC[C@H](C)CCC[C@H](C)CCCC(C)C)O3)CC[C@](C)(CCC[C@@H](C)CCC[C@@H](C)CCCC(C)C)O2. The van der Waals surface area contributed by atoms with Gasteiger partial charge < -0.3 is 47.7 Å². The van der Waals surface area contributed by atoms with E-state index >= 15 is 0 Å². The molecule has 3 aromatic rings. The van der Waals surface area contributed by atoms with Gasteiger partial charge >= 0.3 is 35.8 Å². The van der Waals surface area contributed by atoms with Crippen molar-refractivity contribution in [2.75, 3.05) is 26.4 Å². The number of aliphatic hydroxyl groups excluding tert-OH is 1. The van der Waals surface area contributed by atoms with E-state index in [1.54, 1.807) is 0 Å². The standard InChI is InChI=1S/C68H110O10.C35H58O6/c1-45(2)23-17-25-47(5)27-19-29-49(7)31-21-39-67(15)41-37-57-55(13)63(51(9)53(11)65(57)77-67)75-61(71)35-33-59(69)73-43-44-74-60(70)34-36-62(72)76-64-52(10)54(12)66-58(56(64)14)38-42-68(16,78-66)40-22-32-50(8)30-20-28-48(6)26-18-24-46(3)4;1-24(2)12-9-13-25(3)14-10-15-26(4)16-11-20-35(8)21-19-30-29(7)33(27(5)28(6)34(30)41-35)40-32(38)18-17-31(37)39-23-22-36/h45-50H,17-44H2,1-16H3;24-26,36H,9-23H2,1-8H3/t47-,48+,49-,50+,67-,68+;25-,26-,35-/m.1/s1. The van der Waals surface area contributed by atoms with E-state index in [9.17, 15) is 28.8 Å². The quantitative estimate of drug-likeness (QED) is 0.0241. The molecule has 9 atom stereocenters. The topological polar surface area (TPSA) is 206 Å². The Morgan fingerprint density at radius 3 is 0.731 bits per heavy atom. The van der Waals surface area contributed by atoms with Gasteiger partial charge in [0, 0.05) is 16.7 Å². The van der Waals surface area contributed by atoms with Crippen molar-refractivity contribution in [2.24, 2.45) is 53.3 Å². The van der Waals surface area contributed by atoms with Crippen LogP contribution in [0.1, 0.15) is 402 Å². The van der Waals surface area contributed by atoms with Gasteiger partial charge in [0.15, 0.2) is 0 Å². The molecule has 0 aliphatic carbocycles. The Hall–Kier alpha value is -6.16. The second-order valence-corrected chi connectivity index (χ2v) is 39.6. The number of benzene rings is 3. The number of hydrogen-bond donors (Lipinski definition) is 1. The maximum atomic E-state index is 13.1. The van der Waals surface area contributed by atoms with Crippen molar-refractivity contribution in [3.05, 3.63) is 66.8 Å². The molecule has 16 heteroatoms. The lowest BCUT2D eigenvalue weighted by molar-refractivity contribution is -0.153. The number of rotatable bonds is 53. The maximum absolute atomic E-state index is 13.1. The average Bonchev–Trinajstić information content (AvgIpc) is 0.771. The molecule has 3 aromatic carbocycles. The molecule has 119 heavy (non-hydrogen) atoms. The fourth-order valence-corrected chi connectivity index (χ4v) is 18.0. The summed E-state index contributed by atoms with van der Waals surface area (Å²) in [5.74, 6) is 8.24. The molecule has 3 heterocycles. The van der Waals surface area contributed by atoms with Gasteiger partial charge in [-0.25, -0.2) is 0 Å². The van der Waals surface area contributed by atoms with Gasteiger partial charge in [0.25, 0.3) is 0 Å². The van der Waals surface area contributed by atoms with Crippen LogP contribution in [0, 0.1) is 116 Å². The summed E-state index contributed by atoms with van der Waals surface area (Å²) in [6.45, 7) is 52.3. The minimum Gasteiger partial charge on any atom is -0.487 e. The summed E-state index contributed by atoms with van der Waals surface area (Å²) >= 11 is 0. The van der Waals surface area contributed by atoms with E-state index < -0.39 is 35.8 Å². The molecule has 6 rings (SSSR count). The summed E-state index contributed by atoms with van der Waals surface area (Å²) in [6.07, 6.45) is 38.7. The monoisotopic (exact) mass is 1660 g/mol. The molecule has 0 bridgehead atoms. The minimum absolute atomic E-state index is 0.0633. The first-order chi connectivity index (χ1) is 56.2. The van der Waals surface area contributed by atoms with E-state index in [4.69, 9.17) is 47.7 Å². The Labute approximate surface area is 722 Å². The summed E-state index contributed by atoms with van der Waals surface area (Å²) in [5.41, 5.74) is 10.9. The van der Waals surface area contributed by atoms with Crippen molar-refractivity contribution in [3.63, 3.8) is 0 Å². The molecule has 0 saturated carbocycles. The van der Waals surface area contributed by atoms with Crippen LogP contribution in [0.15, 0.2) is 0 Å². The van der Waals surface area contributed by atoms with E-state index in [-0.39, 0.29) is 81.8 Å². The Kier molecular flexibility index (Phi) is 45.0. The molecule has 1 N–H and O–H groups in total. The number of carbonyl (C=O) groups is 6. The molecular weight excluding hydrogens is 1490 g/mol. The highest BCUT2D eigenvalue weighted by Crippen LogP contribution is 2.49. The van der Waals surface area contributed by atoms with Crippen molar-refractivity contribution in [3.8, 4) is 34.5 Å². The lowest BCUT2D eigenvalue weighted by Crippen LogP contribution is -2.37. The summed E-state index contributed by atoms with van der Waals surface area (Å²) < 4.78 is 53.2. The first-order valence-corrected chi connectivity index (χ1v) is 47.3. The molecule has 0 amide bonds. The third-order valence-corrected chi connectivity index (χ3v) is 26.7. The molecule has 3 aliphatic heterocycles. The van der Waals surface area contributed by atoms with Crippen LogP contribution in [-0.4, -0.2) is 84.2 Å². The van der Waals surface area contributed by atoms with Gasteiger partial charge in [-0.15, -0.1) is 0 Å². The molecule has 0 radical (unpaired) electrons. The molecule has 0 unspecified atom stereocenters. The van der Waals surface area contributed by atoms with Crippen LogP contribution in [0.5, 0.6) is 34.5 Å². The highest BCUT2D eigenvalue weighted by atomic mass is 16.6. The second kappa shape index (κ2) is 51.8. The van der Waals surface area contributed by atoms with Crippen LogP contribution in [0.3, 0.4) is 0 Å². The largest absolute Gasteiger partial charge is 0.487 e. The zero-order valence-corrected chi connectivity index (χ0v) is 79.7. The van der Waals surface area contributed by atoms with Crippen molar-refractivity contribution in [1.29, 1.82) is 0 Å². The third kappa shape index (κ3) is 35.9. The van der Waals surface area contributed by atoms with Gasteiger partial charge in [-0.1, -0.05) is 218 Å². The highest BCUT2D eigenvalue weighted by Gasteiger charge is 2.39. The molecule has 0 aromatic heterocycles. The molecule has 0 saturated heterocycles. The minimum atomic E-state index is -0.601. The number of ether oxygens (including phenoxy) is 9. The third-order valence-electron chi connectivity index (χ3n) is 26.7. The van der Waals surface area contributed by atoms with Crippen LogP contribution in [0.25, 0.3) is 0 Å². The van der Waals surface area contributed by atoms with E-state index in [2.05, 4.69) is 104 Å². The van der Waals surface area contributed by atoms with Crippen LogP contribution >= 0.6 is 0 Å². The Balaban J connectivity index is 0.000000515. The average molecular weight is 1660 g/mol. The summed E-state index contributed by atoms with van der Waals surface area (Å²) in [5, 5.41) is 8.76. The number of esters is 6. The van der Waals surface area contributed by atoms with Crippen molar-refractivity contribution in [1.82, 2.24) is 0 Å². The summed E-state index contributed by atoms with van der Waals surface area (Å²) in [4.78, 5) is 75.5. The Morgan fingerprint density at radius 1 is 0.294 bits per heavy atom. The van der Waals surface area contributed by atoms with Crippen LogP contribution in [0.2, 0.25) is 0 Å². The first-order valence-electron chi connectivity index (χ1n) is 47.3. The normalized spacial score (nSPS) is 18.4. The van der Waals surface area contributed by atoms with E-state index in [0.717, 1.165) is 196 Å². The Morgan fingerprint density at radius 2 is 0.504 bits per heavy atom. The number of fused-ring (bicyclic) bond motifs is 3. The fraction of sp³-hybridized carbons (Fsp3) is 0.767. The number of aliphatic hydroxyl groups is 1. The van der Waals surface area contributed by atoms with Crippen molar-refractivity contribution >= 4 is 35.8 Å². The van der Waals surface area contributed by atoms with Gasteiger partial charge in [-0.2, -0.15) is 0 Å². The van der Waals surface area contributed by atoms with E-state index in [1.165, 1.54) is 141 Å². The van der Waals surface area contributed by atoms with Crippen molar-refractivity contribution < 1.29 is 76.5 Å². The predicted molar refractivity (Wildman–Crippen MR) is 483 cm³/mol. The smallest absolute Gasteiger partial charge is 0.311 e. The number of hydrogen-bond acceptors (Lipinski definition) is 16. The Bertz CT molecular complexity index is 3500.